The van der Waals surface area contributed by atoms with Crippen LogP contribution < -0.4 is 5.56 Å². The van der Waals surface area contributed by atoms with E-state index >= 15 is 0 Å². The standard InChI is InChI=1S/C8H5BrN4O.BH/c9-6-4-11-7(5-10-6)13-8(14)2-1-3-12-13;/h1-5H;1H. The molecule has 0 spiro atoms. The Morgan fingerprint density at radius 1 is 1.27 bits per heavy atom. The van der Waals surface area contributed by atoms with Crippen LogP contribution in [-0.2, 0) is 0 Å². The number of hydrogen-bond acceptors (Lipinski definition) is 4. The van der Waals surface area contributed by atoms with Crippen molar-refractivity contribution in [2.75, 3.05) is 0 Å². The van der Waals surface area contributed by atoms with Gasteiger partial charge in [-0.3, -0.25) is 4.79 Å². The van der Waals surface area contributed by atoms with Crippen molar-refractivity contribution in [2.24, 2.45) is 0 Å². The molecule has 0 amide bonds. The lowest BCUT2D eigenvalue weighted by atomic mass is 10.5. The molecular formula is C8H6BBrN4O. The molecule has 0 saturated carbocycles. The van der Waals surface area contributed by atoms with Crippen LogP contribution in [0, 0.1) is 0 Å². The van der Waals surface area contributed by atoms with Gasteiger partial charge < -0.3 is 0 Å². The Bertz CT molecular complexity index is 498. The smallest absolute Gasteiger partial charge is 0.267 e. The van der Waals surface area contributed by atoms with Crippen LogP contribution in [0.1, 0.15) is 0 Å². The summed E-state index contributed by atoms with van der Waals surface area (Å²) in [6.45, 7) is 0. The van der Waals surface area contributed by atoms with Crippen molar-refractivity contribution in [1.29, 1.82) is 0 Å². The van der Waals surface area contributed by atoms with Gasteiger partial charge in [-0.1, -0.05) is 0 Å². The average molecular weight is 265 g/mol. The van der Waals surface area contributed by atoms with E-state index in [1.807, 2.05) is 0 Å². The SMILES string of the molecule is O=c1cccnn1-c1cnc(Br)cn1.[BH]. The zero-order chi connectivity index (χ0) is 9.97. The molecule has 0 fully saturated rings. The molecular weight excluding hydrogens is 259 g/mol. The number of halogens is 1. The minimum Gasteiger partial charge on any atom is -0.267 e. The maximum atomic E-state index is 11.3. The molecule has 2 rings (SSSR count). The van der Waals surface area contributed by atoms with E-state index < -0.39 is 0 Å². The van der Waals surface area contributed by atoms with Crippen LogP contribution >= 0.6 is 15.9 Å². The van der Waals surface area contributed by atoms with Crippen molar-refractivity contribution in [1.82, 2.24) is 19.7 Å². The van der Waals surface area contributed by atoms with E-state index in [9.17, 15) is 4.79 Å². The van der Waals surface area contributed by atoms with E-state index in [2.05, 4.69) is 31.0 Å². The summed E-state index contributed by atoms with van der Waals surface area (Å²) in [6.07, 6.45) is 4.50. The zero-order valence-corrected chi connectivity index (χ0v) is 9.25. The van der Waals surface area contributed by atoms with E-state index in [1.54, 1.807) is 6.07 Å². The molecule has 0 aliphatic heterocycles. The monoisotopic (exact) mass is 264 g/mol. The molecule has 74 valence electrons. The van der Waals surface area contributed by atoms with Gasteiger partial charge in [-0.2, -0.15) is 9.78 Å². The summed E-state index contributed by atoms with van der Waals surface area (Å²) in [5.74, 6) is 0.402. The Balaban J connectivity index is 0.00000112. The van der Waals surface area contributed by atoms with Gasteiger partial charge in [-0.05, 0) is 22.0 Å². The van der Waals surface area contributed by atoms with Gasteiger partial charge in [0.15, 0.2) is 5.82 Å². The molecule has 2 heterocycles. The Kier molecular flexibility index (Phi) is 3.73. The van der Waals surface area contributed by atoms with E-state index in [1.165, 1.54) is 29.3 Å². The van der Waals surface area contributed by atoms with Crippen LogP contribution in [0.3, 0.4) is 0 Å². The molecule has 2 aromatic heterocycles. The number of aromatic nitrogens is 4. The fraction of sp³-hybridized carbons (Fsp3) is 0. The lowest BCUT2D eigenvalue weighted by Crippen LogP contribution is -2.20. The van der Waals surface area contributed by atoms with Crippen molar-refractivity contribution >= 4 is 24.3 Å². The van der Waals surface area contributed by atoms with Crippen LogP contribution in [0.2, 0.25) is 0 Å². The molecule has 15 heavy (non-hydrogen) atoms. The minimum atomic E-state index is -0.232. The average Bonchev–Trinajstić information content (AvgIpc) is 2.20. The summed E-state index contributed by atoms with van der Waals surface area (Å²) in [4.78, 5) is 19.3. The van der Waals surface area contributed by atoms with Crippen LogP contribution in [0.5, 0.6) is 0 Å². The van der Waals surface area contributed by atoms with Gasteiger partial charge >= 0.3 is 0 Å². The Labute approximate surface area is 95.9 Å². The third kappa shape index (κ3) is 2.50. The molecule has 0 unspecified atom stereocenters. The Morgan fingerprint density at radius 3 is 2.67 bits per heavy atom. The molecule has 0 aliphatic carbocycles. The summed E-state index contributed by atoms with van der Waals surface area (Å²) in [5.41, 5.74) is -0.232. The van der Waals surface area contributed by atoms with Crippen LogP contribution in [0.25, 0.3) is 5.82 Å². The second-order valence-corrected chi connectivity index (χ2v) is 3.28. The van der Waals surface area contributed by atoms with Crippen molar-refractivity contribution < 1.29 is 0 Å². The Morgan fingerprint density at radius 2 is 2.07 bits per heavy atom. The molecule has 0 N–H and O–H groups in total. The summed E-state index contributed by atoms with van der Waals surface area (Å²) >= 11 is 3.16. The topological polar surface area (TPSA) is 60.7 Å². The number of rotatable bonds is 1. The van der Waals surface area contributed by atoms with Crippen LogP contribution in [0.15, 0.2) is 40.1 Å². The normalized spacial score (nSPS) is 9.40. The fourth-order valence-electron chi connectivity index (χ4n) is 0.945. The van der Waals surface area contributed by atoms with E-state index in [0.29, 0.717) is 10.4 Å². The summed E-state index contributed by atoms with van der Waals surface area (Å²) in [7, 11) is 0. The number of nitrogens with zero attached hydrogens (tertiary/aromatic N) is 4. The maximum absolute atomic E-state index is 11.3. The summed E-state index contributed by atoms with van der Waals surface area (Å²) < 4.78 is 1.80. The van der Waals surface area contributed by atoms with E-state index in [4.69, 9.17) is 0 Å². The molecule has 0 atom stereocenters. The van der Waals surface area contributed by atoms with Gasteiger partial charge in [-0.25, -0.2) is 9.97 Å². The van der Waals surface area contributed by atoms with Crippen molar-refractivity contribution in [2.45, 2.75) is 0 Å². The molecule has 5 nitrogen and oxygen atoms in total. The van der Waals surface area contributed by atoms with Crippen molar-refractivity contribution in [3.8, 4) is 5.82 Å². The minimum absolute atomic E-state index is 0. The predicted octanol–water partition coefficient (Wildman–Crippen LogP) is 0.136. The zero-order valence-electron chi connectivity index (χ0n) is 7.67. The first-order chi connectivity index (χ1) is 6.77. The van der Waals surface area contributed by atoms with Gasteiger partial charge in [0.25, 0.3) is 5.56 Å². The van der Waals surface area contributed by atoms with Crippen LogP contribution in [0.4, 0.5) is 0 Å². The van der Waals surface area contributed by atoms with Gasteiger partial charge in [0.1, 0.15) is 4.60 Å². The molecule has 0 bridgehead atoms. The third-order valence-corrected chi connectivity index (χ3v) is 1.95. The highest BCUT2D eigenvalue weighted by Crippen LogP contribution is 2.03. The van der Waals surface area contributed by atoms with Gasteiger partial charge in [0, 0.05) is 20.7 Å². The quantitative estimate of drug-likeness (QED) is 0.688. The maximum Gasteiger partial charge on any atom is 0.272 e. The highest BCUT2D eigenvalue weighted by Gasteiger charge is 2.00. The first kappa shape index (κ1) is 11.6. The largest absolute Gasteiger partial charge is 0.272 e. The molecule has 0 aliphatic rings. The highest BCUT2D eigenvalue weighted by molar-refractivity contribution is 9.10. The van der Waals surface area contributed by atoms with E-state index in [0.717, 1.165) is 0 Å². The van der Waals surface area contributed by atoms with Gasteiger partial charge in [0.2, 0.25) is 0 Å². The van der Waals surface area contributed by atoms with E-state index in [-0.39, 0.29) is 14.0 Å². The summed E-state index contributed by atoms with van der Waals surface area (Å²) in [6, 6.07) is 2.99. The first-order valence-corrected chi connectivity index (χ1v) is 4.59. The lowest BCUT2D eigenvalue weighted by Gasteiger charge is -2.00. The second-order valence-electron chi connectivity index (χ2n) is 2.47. The number of hydrogen-bond donors (Lipinski definition) is 0. The molecule has 2 radical (unpaired) electrons. The summed E-state index contributed by atoms with van der Waals surface area (Å²) in [5, 5.41) is 3.86. The second kappa shape index (κ2) is 4.83. The molecule has 0 aromatic carbocycles. The van der Waals surface area contributed by atoms with Gasteiger partial charge in [0.05, 0.1) is 12.4 Å². The van der Waals surface area contributed by atoms with Gasteiger partial charge in [-0.15, -0.1) is 0 Å². The molecule has 7 heteroatoms. The van der Waals surface area contributed by atoms with Crippen molar-refractivity contribution in [3.05, 3.63) is 45.7 Å². The predicted molar refractivity (Wildman–Crippen MR) is 60.3 cm³/mol. The first-order valence-electron chi connectivity index (χ1n) is 3.79. The fourth-order valence-corrected chi connectivity index (χ4v) is 1.15. The Hall–Kier alpha value is -1.50. The third-order valence-electron chi connectivity index (χ3n) is 1.54. The molecule has 0 saturated heterocycles. The molecule has 2 aromatic rings. The lowest BCUT2D eigenvalue weighted by molar-refractivity contribution is 0.774. The highest BCUT2D eigenvalue weighted by atomic mass is 79.9. The van der Waals surface area contributed by atoms with Crippen LogP contribution in [-0.4, -0.2) is 28.2 Å². The van der Waals surface area contributed by atoms with Crippen molar-refractivity contribution in [3.63, 3.8) is 0 Å².